The van der Waals surface area contributed by atoms with Gasteiger partial charge in [-0.3, -0.25) is 14.4 Å². The summed E-state index contributed by atoms with van der Waals surface area (Å²) in [4.78, 5) is 42.9. The molecule has 0 spiro atoms. The molecule has 0 saturated carbocycles. The van der Waals surface area contributed by atoms with Crippen LogP contribution in [0.5, 0.6) is 5.75 Å². The number of H-pyrrole nitrogens is 1. The number of likely N-dealkylation sites (tertiary alicyclic amines) is 1. The second-order valence-electron chi connectivity index (χ2n) is 9.97. The molecule has 1 N–H and O–H groups in total. The van der Waals surface area contributed by atoms with Crippen molar-refractivity contribution < 1.29 is 14.3 Å². The van der Waals surface area contributed by atoms with Crippen LogP contribution >= 0.6 is 0 Å². The number of piperidine rings is 1. The summed E-state index contributed by atoms with van der Waals surface area (Å²) in [7, 11) is 1.67. The van der Waals surface area contributed by atoms with E-state index in [4.69, 9.17) is 4.74 Å². The number of hydrogen-bond acceptors (Lipinski definition) is 4. The fraction of sp³-hybridized carbons (Fsp3) is 0.500. The van der Waals surface area contributed by atoms with E-state index in [1.165, 1.54) is 11.6 Å². The Balaban J connectivity index is 1.37. The molecular formula is C26H32N2O4. The van der Waals surface area contributed by atoms with Crippen LogP contribution in [0.4, 0.5) is 0 Å². The van der Waals surface area contributed by atoms with Gasteiger partial charge in [0, 0.05) is 30.8 Å². The highest BCUT2D eigenvalue weighted by atomic mass is 16.5. The van der Waals surface area contributed by atoms with Gasteiger partial charge in [-0.25, -0.2) is 0 Å². The topological polar surface area (TPSA) is 79.5 Å². The number of nitrogens with zero attached hydrogens (tertiary/aromatic N) is 1. The number of aromatic nitrogens is 1. The van der Waals surface area contributed by atoms with Crippen LogP contribution in [0.15, 0.2) is 35.1 Å². The van der Waals surface area contributed by atoms with Gasteiger partial charge in [-0.1, -0.05) is 26.0 Å². The van der Waals surface area contributed by atoms with Gasteiger partial charge >= 0.3 is 0 Å². The van der Waals surface area contributed by atoms with Gasteiger partial charge in [0.05, 0.1) is 7.11 Å². The first-order valence-electron chi connectivity index (χ1n) is 11.5. The highest BCUT2D eigenvalue weighted by Crippen LogP contribution is 2.33. The maximum absolute atomic E-state index is 13.1. The molecule has 1 aromatic heterocycles. The zero-order valence-electron chi connectivity index (χ0n) is 19.2. The van der Waals surface area contributed by atoms with Crippen LogP contribution in [-0.2, 0) is 12.8 Å². The van der Waals surface area contributed by atoms with Crippen LogP contribution < -0.4 is 10.3 Å². The van der Waals surface area contributed by atoms with Gasteiger partial charge in [0.1, 0.15) is 11.3 Å². The summed E-state index contributed by atoms with van der Waals surface area (Å²) in [6, 6.07) is 9.70. The van der Waals surface area contributed by atoms with Crippen LogP contribution in [0.2, 0.25) is 0 Å². The summed E-state index contributed by atoms with van der Waals surface area (Å²) in [5.74, 6) is 1.16. The van der Waals surface area contributed by atoms with Crippen molar-refractivity contribution in [1.82, 2.24) is 9.88 Å². The Morgan fingerprint density at radius 3 is 2.47 bits per heavy atom. The molecule has 2 aromatic rings. The predicted octanol–water partition coefficient (Wildman–Crippen LogP) is 4.02. The zero-order chi connectivity index (χ0) is 22.9. The summed E-state index contributed by atoms with van der Waals surface area (Å²) in [6.07, 6.45) is 5.01. The smallest absolute Gasteiger partial charge is 0.261 e. The Labute approximate surface area is 189 Å². The molecule has 0 bridgehead atoms. The molecule has 1 saturated heterocycles. The van der Waals surface area contributed by atoms with Crippen LogP contribution in [0, 0.1) is 11.3 Å². The number of fused-ring (bicyclic) bond motifs is 1. The third-order valence-corrected chi connectivity index (χ3v) is 6.85. The van der Waals surface area contributed by atoms with Crippen LogP contribution in [0.3, 0.4) is 0 Å². The van der Waals surface area contributed by atoms with E-state index in [1.807, 2.05) is 26.0 Å². The number of benzene rings is 1. The predicted molar refractivity (Wildman–Crippen MR) is 123 cm³/mol. The Morgan fingerprint density at radius 1 is 1.12 bits per heavy atom. The van der Waals surface area contributed by atoms with Gasteiger partial charge in [-0.05, 0) is 67.2 Å². The Kier molecular flexibility index (Phi) is 6.22. The van der Waals surface area contributed by atoms with E-state index in [-0.39, 0.29) is 28.2 Å². The quantitative estimate of drug-likeness (QED) is 0.768. The largest absolute Gasteiger partial charge is 0.497 e. The molecule has 0 radical (unpaired) electrons. The molecule has 0 unspecified atom stereocenters. The highest BCUT2D eigenvalue weighted by molar-refractivity contribution is 6.02. The summed E-state index contributed by atoms with van der Waals surface area (Å²) in [5.41, 5.74) is 1.98. The Hall–Kier alpha value is -2.89. The highest BCUT2D eigenvalue weighted by Gasteiger charge is 2.33. The summed E-state index contributed by atoms with van der Waals surface area (Å²) >= 11 is 0. The molecule has 1 aromatic carbocycles. The van der Waals surface area contributed by atoms with E-state index in [0.29, 0.717) is 43.1 Å². The molecular weight excluding hydrogens is 404 g/mol. The number of aromatic amines is 1. The number of ether oxygens (including phenoxy) is 1. The molecule has 1 amide bonds. The lowest BCUT2D eigenvalue weighted by Crippen LogP contribution is -2.41. The van der Waals surface area contributed by atoms with E-state index >= 15 is 0 Å². The first-order chi connectivity index (χ1) is 15.3. The lowest BCUT2D eigenvalue weighted by Gasteiger charge is -2.33. The van der Waals surface area contributed by atoms with Crippen molar-refractivity contribution in [1.29, 1.82) is 0 Å². The monoisotopic (exact) mass is 436 g/mol. The molecule has 1 aliphatic carbocycles. The summed E-state index contributed by atoms with van der Waals surface area (Å²) < 4.78 is 5.21. The van der Waals surface area contributed by atoms with Crippen LogP contribution in [0.25, 0.3) is 0 Å². The standard InChI is InChI=1S/C26H32N2O4/c1-26(2)15-22-20(23(29)16-26)14-21(24(30)27-22)25(31)28-12-10-18(11-13-28)5-4-17-6-8-19(32-3)9-7-17/h6-9,14,18H,4-5,10-13,15-16H2,1-3H3,(H,27,30). The van der Waals surface area contributed by atoms with Crippen molar-refractivity contribution in [3.63, 3.8) is 0 Å². The van der Waals surface area contributed by atoms with Gasteiger partial charge in [0.25, 0.3) is 11.5 Å². The van der Waals surface area contributed by atoms with E-state index in [0.717, 1.165) is 31.4 Å². The summed E-state index contributed by atoms with van der Waals surface area (Å²) in [6.45, 7) is 5.32. The van der Waals surface area contributed by atoms with Crippen molar-refractivity contribution >= 4 is 11.7 Å². The van der Waals surface area contributed by atoms with E-state index in [2.05, 4.69) is 17.1 Å². The van der Waals surface area contributed by atoms with Gasteiger partial charge in [-0.15, -0.1) is 0 Å². The second-order valence-corrected chi connectivity index (χ2v) is 9.97. The Bertz CT molecular complexity index is 1060. The maximum Gasteiger partial charge on any atom is 0.261 e. The Morgan fingerprint density at radius 2 is 1.81 bits per heavy atom. The van der Waals surface area contributed by atoms with E-state index in [9.17, 15) is 14.4 Å². The maximum atomic E-state index is 13.1. The third kappa shape index (κ3) is 4.79. The van der Waals surface area contributed by atoms with Crippen molar-refractivity contribution in [2.24, 2.45) is 11.3 Å². The average molecular weight is 437 g/mol. The van der Waals surface area contributed by atoms with Crippen molar-refractivity contribution in [3.05, 3.63) is 63.1 Å². The molecule has 1 fully saturated rings. The molecule has 170 valence electrons. The van der Waals surface area contributed by atoms with Crippen molar-refractivity contribution in [2.75, 3.05) is 20.2 Å². The number of Topliss-reactive ketones (excluding diaryl/α,β-unsaturated/α-hetero) is 1. The first kappa shape index (κ1) is 22.3. The van der Waals surface area contributed by atoms with E-state index in [1.54, 1.807) is 12.0 Å². The number of rotatable bonds is 5. The number of pyridine rings is 1. The third-order valence-electron chi connectivity index (χ3n) is 6.85. The lowest BCUT2D eigenvalue weighted by atomic mass is 9.75. The summed E-state index contributed by atoms with van der Waals surface area (Å²) in [5, 5.41) is 0. The molecule has 32 heavy (non-hydrogen) atoms. The zero-order valence-corrected chi connectivity index (χ0v) is 19.2. The molecule has 4 rings (SSSR count). The molecule has 2 heterocycles. The number of aryl methyl sites for hydroxylation is 1. The molecule has 1 aliphatic heterocycles. The van der Waals surface area contributed by atoms with Gasteiger partial charge in [0.15, 0.2) is 5.78 Å². The van der Waals surface area contributed by atoms with E-state index < -0.39 is 0 Å². The van der Waals surface area contributed by atoms with Crippen molar-refractivity contribution in [3.8, 4) is 5.75 Å². The molecule has 6 heteroatoms. The fourth-order valence-electron chi connectivity index (χ4n) is 4.94. The van der Waals surface area contributed by atoms with Crippen molar-refractivity contribution in [2.45, 2.75) is 52.4 Å². The minimum Gasteiger partial charge on any atom is -0.497 e. The van der Waals surface area contributed by atoms with Crippen LogP contribution in [0.1, 0.15) is 71.5 Å². The fourth-order valence-corrected chi connectivity index (χ4v) is 4.94. The van der Waals surface area contributed by atoms with Crippen LogP contribution in [-0.4, -0.2) is 41.8 Å². The number of hydrogen-bond donors (Lipinski definition) is 1. The number of nitrogens with one attached hydrogen (secondary N) is 1. The number of ketones is 1. The molecule has 6 nitrogen and oxygen atoms in total. The molecule has 0 atom stereocenters. The van der Waals surface area contributed by atoms with Gasteiger partial charge in [-0.2, -0.15) is 0 Å². The molecule has 2 aliphatic rings. The lowest BCUT2D eigenvalue weighted by molar-refractivity contribution is 0.0685. The minimum atomic E-state index is -0.388. The average Bonchev–Trinajstić information content (AvgIpc) is 2.77. The second kappa shape index (κ2) is 8.93. The van der Waals surface area contributed by atoms with Gasteiger partial charge < -0.3 is 14.6 Å². The number of carbonyl (C=O) groups is 2. The minimum absolute atomic E-state index is 0.00112. The number of amides is 1. The first-order valence-corrected chi connectivity index (χ1v) is 11.5. The number of carbonyl (C=O) groups excluding carboxylic acids is 2. The normalized spacial score (nSPS) is 18.3. The number of methoxy groups -OCH3 is 1. The SMILES string of the molecule is COc1ccc(CCC2CCN(C(=O)c3cc4c([nH]c3=O)CC(C)(C)CC4=O)CC2)cc1. The van der Waals surface area contributed by atoms with Gasteiger partial charge in [0.2, 0.25) is 0 Å².